The van der Waals surface area contributed by atoms with Crippen LogP contribution in [0.4, 0.5) is 0 Å². The van der Waals surface area contributed by atoms with E-state index < -0.39 is 11.9 Å². The van der Waals surface area contributed by atoms with Crippen molar-refractivity contribution in [2.45, 2.75) is 38.8 Å². The van der Waals surface area contributed by atoms with Gasteiger partial charge in [0.15, 0.2) is 0 Å². The van der Waals surface area contributed by atoms with Gasteiger partial charge in [0.25, 0.3) is 0 Å². The van der Waals surface area contributed by atoms with Crippen LogP contribution < -0.4 is 11.5 Å². The normalized spacial score (nSPS) is 12.5. The molecule has 0 aromatic carbocycles. The van der Waals surface area contributed by atoms with Gasteiger partial charge < -0.3 is 21.1 Å². The third-order valence-corrected chi connectivity index (χ3v) is 2.41. The van der Waals surface area contributed by atoms with Crippen molar-refractivity contribution in [1.29, 1.82) is 0 Å². The lowest BCUT2D eigenvalue weighted by Crippen LogP contribution is -2.50. The van der Waals surface area contributed by atoms with Crippen molar-refractivity contribution in [3.05, 3.63) is 0 Å². The number of hydrogen-bond donors (Lipinski definition) is 2. The largest absolute Gasteiger partial charge is 0.385 e. The summed E-state index contributed by atoms with van der Waals surface area (Å²) in [6.07, 6.45) is 1.25. The van der Waals surface area contributed by atoms with E-state index in [-0.39, 0.29) is 18.5 Å². The van der Waals surface area contributed by atoms with Gasteiger partial charge in [0.2, 0.25) is 11.8 Å². The van der Waals surface area contributed by atoms with Crippen LogP contribution in [0.15, 0.2) is 0 Å². The second-order valence-electron chi connectivity index (χ2n) is 4.27. The van der Waals surface area contributed by atoms with E-state index in [1.165, 1.54) is 4.90 Å². The lowest BCUT2D eigenvalue weighted by Gasteiger charge is -2.28. The van der Waals surface area contributed by atoms with E-state index >= 15 is 0 Å². The average Bonchev–Trinajstić information content (AvgIpc) is 2.24. The van der Waals surface area contributed by atoms with Gasteiger partial charge in [0.05, 0.1) is 12.6 Å². The molecule has 0 heterocycles. The van der Waals surface area contributed by atoms with Gasteiger partial charge in [-0.1, -0.05) is 0 Å². The van der Waals surface area contributed by atoms with Crippen LogP contribution in [0.1, 0.15) is 26.7 Å². The van der Waals surface area contributed by atoms with E-state index in [2.05, 4.69) is 0 Å². The number of methoxy groups -OCH3 is 1. The fourth-order valence-electron chi connectivity index (χ4n) is 1.47. The number of amides is 2. The number of nitrogens with two attached hydrogens (primary N) is 2. The van der Waals surface area contributed by atoms with Gasteiger partial charge in [-0.15, -0.1) is 0 Å². The minimum atomic E-state index is -0.605. The first-order valence-electron chi connectivity index (χ1n) is 5.73. The van der Waals surface area contributed by atoms with Crippen LogP contribution in [-0.4, -0.2) is 49.1 Å². The van der Waals surface area contributed by atoms with Crippen molar-refractivity contribution in [2.24, 2.45) is 11.5 Å². The molecule has 17 heavy (non-hydrogen) atoms. The van der Waals surface area contributed by atoms with Gasteiger partial charge in [-0.05, 0) is 26.7 Å². The summed E-state index contributed by atoms with van der Waals surface area (Å²) in [5.41, 5.74) is 10.9. The van der Waals surface area contributed by atoms with Gasteiger partial charge in [0, 0.05) is 19.8 Å². The third kappa shape index (κ3) is 6.23. The Hall–Kier alpha value is -1.14. The Labute approximate surface area is 102 Å². The maximum Gasteiger partial charge on any atom is 0.240 e. The van der Waals surface area contributed by atoms with Crippen LogP contribution in [0.25, 0.3) is 0 Å². The third-order valence-electron chi connectivity index (χ3n) is 2.41. The first-order valence-corrected chi connectivity index (χ1v) is 5.73. The summed E-state index contributed by atoms with van der Waals surface area (Å²) in [5, 5.41) is 0. The highest BCUT2D eigenvalue weighted by Gasteiger charge is 2.24. The van der Waals surface area contributed by atoms with Crippen molar-refractivity contribution < 1.29 is 14.3 Å². The lowest BCUT2D eigenvalue weighted by molar-refractivity contribution is -0.138. The Morgan fingerprint density at radius 2 is 1.94 bits per heavy atom. The fourth-order valence-corrected chi connectivity index (χ4v) is 1.47. The smallest absolute Gasteiger partial charge is 0.240 e. The molecule has 0 aliphatic rings. The van der Waals surface area contributed by atoms with E-state index in [9.17, 15) is 9.59 Å². The average molecular weight is 245 g/mol. The Balaban J connectivity index is 4.34. The number of carbonyl (C=O) groups excluding carboxylic acids is 2. The minimum absolute atomic E-state index is 0.0888. The Morgan fingerprint density at radius 1 is 1.35 bits per heavy atom. The topological polar surface area (TPSA) is 98.7 Å². The molecule has 0 aromatic rings. The first-order chi connectivity index (χ1) is 7.90. The molecule has 0 rings (SSSR count). The van der Waals surface area contributed by atoms with Crippen LogP contribution in [0.5, 0.6) is 0 Å². The van der Waals surface area contributed by atoms with Gasteiger partial charge in [0.1, 0.15) is 0 Å². The molecule has 1 unspecified atom stereocenters. The minimum Gasteiger partial charge on any atom is -0.385 e. The molecule has 0 radical (unpaired) electrons. The van der Waals surface area contributed by atoms with Crippen molar-refractivity contribution in [2.75, 3.05) is 20.3 Å². The highest BCUT2D eigenvalue weighted by Crippen LogP contribution is 2.05. The summed E-state index contributed by atoms with van der Waals surface area (Å²) in [6.45, 7) is 4.12. The van der Waals surface area contributed by atoms with E-state index in [4.69, 9.17) is 16.2 Å². The molecular weight excluding hydrogens is 222 g/mol. The molecule has 0 saturated carbocycles. The molecule has 2 amide bonds. The molecule has 0 fully saturated rings. The molecule has 0 saturated heterocycles. The Bertz CT molecular complexity index is 256. The standard InChI is InChI=1S/C11H23N3O3/c1-8(2)14(7-10(13)15)11(16)9(12)5-4-6-17-3/h8-9H,4-7,12H2,1-3H3,(H2,13,15). The van der Waals surface area contributed by atoms with Crippen molar-refractivity contribution in [3.63, 3.8) is 0 Å². The molecule has 0 aliphatic carbocycles. The van der Waals surface area contributed by atoms with Crippen LogP contribution >= 0.6 is 0 Å². The van der Waals surface area contributed by atoms with Gasteiger partial charge in [-0.3, -0.25) is 9.59 Å². The first kappa shape index (κ1) is 15.9. The van der Waals surface area contributed by atoms with E-state index in [0.717, 1.165) is 0 Å². The maximum atomic E-state index is 12.0. The highest BCUT2D eigenvalue weighted by atomic mass is 16.5. The van der Waals surface area contributed by atoms with E-state index in [1.54, 1.807) is 7.11 Å². The number of rotatable bonds is 8. The number of ether oxygens (including phenoxy) is 1. The zero-order valence-corrected chi connectivity index (χ0v) is 10.8. The predicted octanol–water partition coefficient (Wildman–Crippen LogP) is -0.537. The monoisotopic (exact) mass is 245 g/mol. The Morgan fingerprint density at radius 3 is 2.35 bits per heavy atom. The van der Waals surface area contributed by atoms with E-state index in [0.29, 0.717) is 19.4 Å². The van der Waals surface area contributed by atoms with Crippen molar-refractivity contribution in [3.8, 4) is 0 Å². The van der Waals surface area contributed by atoms with Crippen LogP contribution in [0, 0.1) is 0 Å². The number of carbonyl (C=O) groups is 2. The number of nitrogens with zero attached hydrogens (tertiary/aromatic N) is 1. The highest BCUT2D eigenvalue weighted by molar-refractivity contribution is 5.86. The van der Waals surface area contributed by atoms with Crippen molar-refractivity contribution in [1.82, 2.24) is 4.90 Å². The van der Waals surface area contributed by atoms with E-state index in [1.807, 2.05) is 13.8 Å². The maximum absolute atomic E-state index is 12.0. The van der Waals surface area contributed by atoms with Gasteiger partial charge in [-0.25, -0.2) is 0 Å². The summed E-state index contributed by atoms with van der Waals surface area (Å²) in [4.78, 5) is 24.2. The lowest BCUT2D eigenvalue weighted by atomic mass is 10.1. The molecule has 6 heteroatoms. The quantitative estimate of drug-likeness (QED) is 0.561. The molecule has 0 bridgehead atoms. The molecule has 1 atom stereocenters. The predicted molar refractivity (Wildman–Crippen MR) is 65.1 cm³/mol. The zero-order chi connectivity index (χ0) is 13.4. The van der Waals surface area contributed by atoms with Crippen molar-refractivity contribution >= 4 is 11.8 Å². The SMILES string of the molecule is COCCCC(N)C(=O)N(CC(N)=O)C(C)C. The van der Waals surface area contributed by atoms with Crippen LogP contribution in [0.2, 0.25) is 0 Å². The second kappa shape index (κ2) is 8.03. The molecular formula is C11H23N3O3. The molecule has 0 spiro atoms. The van der Waals surface area contributed by atoms with Crippen LogP contribution in [0.3, 0.4) is 0 Å². The second-order valence-corrected chi connectivity index (χ2v) is 4.27. The molecule has 0 aromatic heterocycles. The summed E-state index contributed by atoms with van der Waals surface area (Å²) in [6, 6.07) is -0.699. The number of hydrogen-bond acceptors (Lipinski definition) is 4. The van der Waals surface area contributed by atoms with Gasteiger partial charge in [-0.2, -0.15) is 0 Å². The summed E-state index contributed by atoms with van der Waals surface area (Å²) < 4.78 is 4.89. The summed E-state index contributed by atoms with van der Waals surface area (Å²) in [7, 11) is 1.60. The number of primary amides is 1. The fraction of sp³-hybridized carbons (Fsp3) is 0.818. The molecule has 6 nitrogen and oxygen atoms in total. The van der Waals surface area contributed by atoms with Gasteiger partial charge >= 0.3 is 0 Å². The zero-order valence-electron chi connectivity index (χ0n) is 10.8. The molecule has 100 valence electrons. The molecule has 4 N–H and O–H groups in total. The summed E-state index contributed by atoms with van der Waals surface area (Å²) in [5.74, 6) is -0.772. The Kier molecular flexibility index (Phi) is 7.49. The summed E-state index contributed by atoms with van der Waals surface area (Å²) >= 11 is 0. The van der Waals surface area contributed by atoms with Crippen LogP contribution in [-0.2, 0) is 14.3 Å². The molecule has 0 aliphatic heterocycles.